The van der Waals surface area contributed by atoms with Crippen molar-refractivity contribution in [1.29, 1.82) is 0 Å². The van der Waals surface area contributed by atoms with Crippen LogP contribution in [0, 0.1) is 0 Å². The van der Waals surface area contributed by atoms with Gasteiger partial charge in [-0.3, -0.25) is 4.68 Å². The van der Waals surface area contributed by atoms with Crippen molar-refractivity contribution in [3.05, 3.63) is 50.7 Å². The zero-order valence-electron chi connectivity index (χ0n) is 10.3. The van der Waals surface area contributed by atoms with Gasteiger partial charge in [0, 0.05) is 28.2 Å². The van der Waals surface area contributed by atoms with E-state index in [1.165, 1.54) is 11.1 Å². The lowest BCUT2D eigenvalue weighted by Crippen LogP contribution is -2.18. The van der Waals surface area contributed by atoms with Gasteiger partial charge in [-0.25, -0.2) is 0 Å². The van der Waals surface area contributed by atoms with E-state index in [0.717, 1.165) is 15.4 Å². The average Bonchev–Trinajstić information content (AvgIpc) is 2.70. The summed E-state index contributed by atoms with van der Waals surface area (Å²) >= 11 is 7.05. The van der Waals surface area contributed by atoms with Crippen LogP contribution in [-0.4, -0.2) is 16.8 Å². The van der Waals surface area contributed by atoms with E-state index in [2.05, 4.69) is 60.6 Å². The molecular weight excluding hydrogens is 358 g/mol. The molecule has 0 amide bonds. The minimum absolute atomic E-state index is 0.281. The standard InChI is InChI=1S/C13H15Br2N3/c1-16-13(3-9-7-17-18(2)8-9)10-4-11(14)6-12(15)5-10/h4-8,13,16H,3H2,1-2H3. The van der Waals surface area contributed by atoms with Crippen molar-refractivity contribution in [1.82, 2.24) is 15.1 Å². The van der Waals surface area contributed by atoms with Crippen LogP contribution < -0.4 is 5.32 Å². The predicted octanol–water partition coefficient (Wildman–Crippen LogP) is 3.45. The Morgan fingerprint density at radius 2 is 1.94 bits per heavy atom. The highest BCUT2D eigenvalue weighted by atomic mass is 79.9. The number of aryl methyl sites for hydroxylation is 1. The summed E-state index contributed by atoms with van der Waals surface area (Å²) in [6.07, 6.45) is 4.89. The number of likely N-dealkylation sites (N-methyl/N-ethyl adjacent to an activating group) is 1. The number of hydrogen-bond donors (Lipinski definition) is 1. The lowest BCUT2D eigenvalue weighted by atomic mass is 10.0. The summed E-state index contributed by atoms with van der Waals surface area (Å²) in [6, 6.07) is 6.60. The highest BCUT2D eigenvalue weighted by Gasteiger charge is 2.12. The van der Waals surface area contributed by atoms with Gasteiger partial charge >= 0.3 is 0 Å². The zero-order chi connectivity index (χ0) is 13.1. The molecule has 1 N–H and O–H groups in total. The summed E-state index contributed by atoms with van der Waals surface area (Å²) in [7, 11) is 3.92. The fourth-order valence-corrected chi connectivity index (χ4v) is 3.31. The van der Waals surface area contributed by atoms with Crippen molar-refractivity contribution in [3.63, 3.8) is 0 Å². The molecule has 0 saturated heterocycles. The second kappa shape index (κ2) is 5.99. The Balaban J connectivity index is 2.22. The van der Waals surface area contributed by atoms with E-state index in [9.17, 15) is 0 Å². The molecule has 3 nitrogen and oxygen atoms in total. The van der Waals surface area contributed by atoms with Gasteiger partial charge in [-0.05, 0) is 42.8 Å². The molecule has 18 heavy (non-hydrogen) atoms. The van der Waals surface area contributed by atoms with Crippen LogP contribution in [-0.2, 0) is 13.5 Å². The normalized spacial score (nSPS) is 12.7. The average molecular weight is 373 g/mol. The fourth-order valence-electron chi connectivity index (χ4n) is 1.98. The van der Waals surface area contributed by atoms with Gasteiger partial charge < -0.3 is 5.32 Å². The highest BCUT2D eigenvalue weighted by molar-refractivity contribution is 9.11. The van der Waals surface area contributed by atoms with Gasteiger partial charge in [0.25, 0.3) is 0 Å². The van der Waals surface area contributed by atoms with E-state index in [1.54, 1.807) is 0 Å². The molecule has 2 aromatic rings. The molecular formula is C13H15Br2N3. The van der Waals surface area contributed by atoms with E-state index < -0.39 is 0 Å². The number of hydrogen-bond acceptors (Lipinski definition) is 2. The van der Waals surface area contributed by atoms with Gasteiger partial charge in [0.2, 0.25) is 0 Å². The van der Waals surface area contributed by atoms with Crippen LogP contribution >= 0.6 is 31.9 Å². The monoisotopic (exact) mass is 371 g/mol. The van der Waals surface area contributed by atoms with E-state index in [4.69, 9.17) is 0 Å². The largest absolute Gasteiger partial charge is 0.313 e. The second-order valence-corrected chi connectivity index (χ2v) is 6.10. The van der Waals surface area contributed by atoms with Crippen molar-refractivity contribution in [2.24, 2.45) is 7.05 Å². The number of nitrogens with zero attached hydrogens (tertiary/aromatic N) is 2. The van der Waals surface area contributed by atoms with E-state index in [0.29, 0.717) is 0 Å². The molecule has 0 aliphatic carbocycles. The molecule has 0 spiro atoms. The molecule has 0 radical (unpaired) electrons. The van der Waals surface area contributed by atoms with E-state index in [-0.39, 0.29) is 6.04 Å². The first kappa shape index (κ1) is 13.8. The van der Waals surface area contributed by atoms with Gasteiger partial charge in [0.15, 0.2) is 0 Å². The van der Waals surface area contributed by atoms with Crippen molar-refractivity contribution in [2.45, 2.75) is 12.5 Å². The molecule has 1 aromatic heterocycles. The molecule has 0 fully saturated rings. The Bertz CT molecular complexity index is 517. The maximum atomic E-state index is 4.20. The SMILES string of the molecule is CNC(Cc1cnn(C)c1)c1cc(Br)cc(Br)c1. The summed E-state index contributed by atoms with van der Waals surface area (Å²) < 4.78 is 4.00. The van der Waals surface area contributed by atoms with Gasteiger partial charge in [-0.15, -0.1) is 0 Å². The number of nitrogens with one attached hydrogen (secondary N) is 1. The molecule has 1 unspecified atom stereocenters. The van der Waals surface area contributed by atoms with Gasteiger partial charge in [0.05, 0.1) is 6.20 Å². The third kappa shape index (κ3) is 3.43. The van der Waals surface area contributed by atoms with Gasteiger partial charge in [-0.1, -0.05) is 31.9 Å². The van der Waals surface area contributed by atoms with Crippen LogP contribution in [0.1, 0.15) is 17.2 Å². The van der Waals surface area contributed by atoms with E-state index in [1.807, 2.05) is 31.0 Å². The van der Waals surface area contributed by atoms with Crippen LogP contribution in [0.25, 0.3) is 0 Å². The summed E-state index contributed by atoms with van der Waals surface area (Å²) in [5, 5.41) is 7.55. The smallest absolute Gasteiger partial charge is 0.0522 e. The first-order valence-electron chi connectivity index (χ1n) is 5.69. The predicted molar refractivity (Wildman–Crippen MR) is 80.6 cm³/mol. The number of aromatic nitrogens is 2. The second-order valence-electron chi connectivity index (χ2n) is 4.27. The summed E-state index contributed by atoms with van der Waals surface area (Å²) in [6.45, 7) is 0. The molecule has 0 bridgehead atoms. The van der Waals surface area contributed by atoms with Crippen molar-refractivity contribution >= 4 is 31.9 Å². The number of benzene rings is 1. The summed E-state index contributed by atoms with van der Waals surface area (Å²) in [5.41, 5.74) is 2.48. The Morgan fingerprint density at radius 1 is 1.28 bits per heavy atom. The molecule has 0 saturated carbocycles. The Morgan fingerprint density at radius 3 is 2.44 bits per heavy atom. The Hall–Kier alpha value is -0.650. The Labute approximate surface area is 124 Å². The molecule has 2 rings (SSSR count). The van der Waals surface area contributed by atoms with Gasteiger partial charge in [-0.2, -0.15) is 5.10 Å². The number of halogens is 2. The van der Waals surface area contributed by atoms with Crippen LogP contribution in [0.15, 0.2) is 39.5 Å². The maximum Gasteiger partial charge on any atom is 0.0522 e. The van der Waals surface area contributed by atoms with Crippen LogP contribution in [0.2, 0.25) is 0 Å². The third-order valence-corrected chi connectivity index (χ3v) is 3.75. The van der Waals surface area contributed by atoms with E-state index >= 15 is 0 Å². The van der Waals surface area contributed by atoms with Crippen LogP contribution in [0.4, 0.5) is 0 Å². The van der Waals surface area contributed by atoms with Crippen molar-refractivity contribution < 1.29 is 0 Å². The van der Waals surface area contributed by atoms with Crippen molar-refractivity contribution in [3.8, 4) is 0 Å². The number of rotatable bonds is 4. The molecule has 1 aromatic carbocycles. The first-order chi connectivity index (χ1) is 8.58. The van der Waals surface area contributed by atoms with Crippen molar-refractivity contribution in [2.75, 3.05) is 7.05 Å². The molecule has 0 aliphatic rings. The highest BCUT2D eigenvalue weighted by Crippen LogP contribution is 2.26. The third-order valence-electron chi connectivity index (χ3n) is 2.83. The maximum absolute atomic E-state index is 4.20. The molecule has 0 aliphatic heterocycles. The lowest BCUT2D eigenvalue weighted by molar-refractivity contribution is 0.591. The molecule has 1 heterocycles. The molecule has 5 heteroatoms. The van der Waals surface area contributed by atoms with Crippen LogP contribution in [0.5, 0.6) is 0 Å². The molecule has 1 atom stereocenters. The quantitative estimate of drug-likeness (QED) is 0.890. The summed E-state index contributed by atoms with van der Waals surface area (Å²) in [5.74, 6) is 0. The minimum Gasteiger partial charge on any atom is -0.313 e. The summed E-state index contributed by atoms with van der Waals surface area (Å²) in [4.78, 5) is 0. The lowest BCUT2D eigenvalue weighted by Gasteiger charge is -2.16. The molecule has 96 valence electrons. The van der Waals surface area contributed by atoms with Gasteiger partial charge in [0.1, 0.15) is 0 Å². The Kier molecular flexibility index (Phi) is 4.59. The zero-order valence-corrected chi connectivity index (χ0v) is 13.5. The van der Waals surface area contributed by atoms with Crippen LogP contribution in [0.3, 0.4) is 0 Å². The topological polar surface area (TPSA) is 29.9 Å². The first-order valence-corrected chi connectivity index (χ1v) is 7.28. The fraction of sp³-hybridized carbons (Fsp3) is 0.308. The minimum atomic E-state index is 0.281.